The first-order valence-corrected chi connectivity index (χ1v) is 10.9. The Kier molecular flexibility index (Phi) is 10.2. The van der Waals surface area contributed by atoms with Gasteiger partial charge in [-0.05, 0) is 30.9 Å². The molecule has 142 valence electrons. The minimum absolute atomic E-state index is 0.0383. The second kappa shape index (κ2) is 11.3. The zero-order chi connectivity index (χ0) is 18.9. The van der Waals surface area contributed by atoms with Crippen LogP contribution >= 0.6 is 32.8 Å². The van der Waals surface area contributed by atoms with E-state index in [-0.39, 0.29) is 6.10 Å². The zero-order valence-corrected chi connectivity index (χ0v) is 18.3. The van der Waals surface area contributed by atoms with E-state index < -0.39 is 8.25 Å². The molecular weight excluding hydrogens is 375 g/mol. The average Bonchev–Trinajstić information content (AvgIpc) is 2.58. The van der Waals surface area contributed by atoms with Crippen LogP contribution in [0, 0.1) is 5.41 Å². The van der Waals surface area contributed by atoms with Gasteiger partial charge in [0.2, 0.25) is 0 Å². The first-order chi connectivity index (χ1) is 11.8. The monoisotopic (exact) mass is 404 g/mol. The summed E-state index contributed by atoms with van der Waals surface area (Å²) in [5.41, 5.74) is 1.30. The summed E-state index contributed by atoms with van der Waals surface area (Å²) in [6.45, 7) is 9.27. The van der Waals surface area contributed by atoms with Crippen molar-refractivity contribution in [1.29, 1.82) is 0 Å². The van der Waals surface area contributed by atoms with Crippen LogP contribution in [0.15, 0.2) is 35.3 Å². The first kappa shape index (κ1) is 22.6. The molecule has 0 aliphatic carbocycles. The van der Waals surface area contributed by atoms with Crippen LogP contribution in [0.4, 0.5) is 5.69 Å². The molecule has 0 radical (unpaired) electrons. The molecule has 2 rings (SSSR count). The van der Waals surface area contributed by atoms with Gasteiger partial charge < -0.3 is 9.05 Å². The molecule has 25 heavy (non-hydrogen) atoms. The summed E-state index contributed by atoms with van der Waals surface area (Å²) in [5, 5.41) is 0.994. The topological polar surface area (TPSA) is 51.1 Å². The fraction of sp³-hybridized carbons (Fsp3) is 0.588. The van der Waals surface area contributed by atoms with Gasteiger partial charge in [0.05, 0.1) is 11.8 Å². The number of hydrogen-bond donors (Lipinski definition) is 1. The van der Waals surface area contributed by atoms with Crippen molar-refractivity contribution >= 4 is 43.7 Å². The van der Waals surface area contributed by atoms with Crippen LogP contribution in [0.5, 0.6) is 0 Å². The summed E-state index contributed by atoms with van der Waals surface area (Å²) in [6.07, 6.45) is 0.899. The van der Waals surface area contributed by atoms with E-state index in [9.17, 15) is 4.57 Å². The minimum Gasteiger partial charge on any atom is -0.314 e. The van der Waals surface area contributed by atoms with Crippen molar-refractivity contribution in [3.05, 3.63) is 30.3 Å². The molecule has 5 nitrogen and oxygen atoms in total. The maximum absolute atomic E-state index is 10.5. The highest BCUT2D eigenvalue weighted by molar-refractivity contribution is 8.14. The van der Waals surface area contributed by atoms with E-state index in [0.29, 0.717) is 5.41 Å². The molecule has 1 unspecified atom stereocenters. The van der Waals surface area contributed by atoms with Crippen molar-refractivity contribution in [2.45, 2.75) is 40.2 Å². The van der Waals surface area contributed by atoms with E-state index in [4.69, 9.17) is 4.52 Å². The van der Waals surface area contributed by atoms with Crippen LogP contribution in [0.1, 0.15) is 34.1 Å². The highest BCUT2D eigenvalue weighted by atomic mass is 32.2. The van der Waals surface area contributed by atoms with E-state index in [1.54, 1.807) is 11.8 Å². The quantitative estimate of drug-likeness (QED) is 0.524. The lowest BCUT2D eigenvalue weighted by molar-refractivity contribution is 0.188. The van der Waals surface area contributed by atoms with Gasteiger partial charge in [-0.25, -0.2) is 4.99 Å². The molecule has 1 aromatic rings. The third-order valence-electron chi connectivity index (χ3n) is 3.41. The third kappa shape index (κ3) is 9.15. The van der Waals surface area contributed by atoms with Gasteiger partial charge in [0.15, 0.2) is 5.17 Å². The van der Waals surface area contributed by atoms with Crippen molar-refractivity contribution in [2.75, 3.05) is 19.4 Å². The third-order valence-corrected chi connectivity index (χ3v) is 6.30. The number of rotatable bonds is 5. The minimum atomic E-state index is -2.19. The Morgan fingerprint density at radius 3 is 2.56 bits per heavy atom. The Morgan fingerprint density at radius 2 is 2.04 bits per heavy atom. The van der Waals surface area contributed by atoms with Gasteiger partial charge in [0, 0.05) is 19.4 Å². The molecule has 0 amide bonds. The van der Waals surface area contributed by atoms with Crippen molar-refractivity contribution < 1.29 is 13.6 Å². The summed E-state index contributed by atoms with van der Waals surface area (Å²) >= 11 is 6.25. The van der Waals surface area contributed by atoms with E-state index in [1.807, 2.05) is 48.5 Å². The number of thiol groups is 1. The Balaban J connectivity index is 0.000000299. The van der Waals surface area contributed by atoms with Crippen LogP contribution in [0.2, 0.25) is 0 Å². The Morgan fingerprint density at radius 1 is 1.40 bits per heavy atom. The number of aliphatic imine (C=N–C) groups is 1. The van der Waals surface area contributed by atoms with Gasteiger partial charge in [-0.3, -0.25) is 8.87 Å². The van der Waals surface area contributed by atoms with E-state index in [1.165, 1.54) is 7.11 Å². The standard InChI is InChI=1S/C12H16N2S2.C5H13O3P/c1-12(2)8-14(15)11(16-9-12)13-10-6-4-3-5-7-10;1-4-5(2)8-9(6)7-3/h3-7,15H,8-9H2,1-2H3;5,9H,4H2,1-3H3/b13-11-;/t;5-/m.0/s1. The van der Waals surface area contributed by atoms with Crippen LogP contribution in [0.25, 0.3) is 0 Å². The van der Waals surface area contributed by atoms with Crippen LogP contribution in [-0.4, -0.2) is 35.0 Å². The number of para-hydroxylation sites is 1. The lowest BCUT2D eigenvalue weighted by Crippen LogP contribution is -2.38. The largest absolute Gasteiger partial charge is 0.319 e. The van der Waals surface area contributed by atoms with Crippen molar-refractivity contribution in [2.24, 2.45) is 10.4 Å². The van der Waals surface area contributed by atoms with Gasteiger partial charge in [0.1, 0.15) is 0 Å². The summed E-state index contributed by atoms with van der Waals surface area (Å²) in [6, 6.07) is 10.0. The fourth-order valence-electron chi connectivity index (χ4n) is 1.85. The number of thioether (sulfide) groups is 1. The van der Waals surface area contributed by atoms with Gasteiger partial charge in [-0.2, -0.15) is 0 Å². The summed E-state index contributed by atoms with van der Waals surface area (Å²) in [4.78, 5) is 4.59. The predicted molar refractivity (Wildman–Crippen MR) is 112 cm³/mol. The molecule has 1 aliphatic heterocycles. The first-order valence-electron chi connectivity index (χ1n) is 8.25. The summed E-state index contributed by atoms with van der Waals surface area (Å²) < 4.78 is 21.8. The highest BCUT2D eigenvalue weighted by Gasteiger charge is 2.29. The number of hydrogen-bond acceptors (Lipinski definition) is 6. The van der Waals surface area contributed by atoms with E-state index in [0.717, 1.165) is 29.6 Å². The molecular formula is C17H29N2O3PS2. The molecule has 0 bridgehead atoms. The average molecular weight is 405 g/mol. The molecule has 1 saturated heterocycles. The molecule has 1 aliphatic rings. The maximum atomic E-state index is 10.5. The van der Waals surface area contributed by atoms with Crippen molar-refractivity contribution in [3.63, 3.8) is 0 Å². The fourth-order valence-corrected chi connectivity index (χ4v) is 4.04. The van der Waals surface area contributed by atoms with Crippen LogP contribution < -0.4 is 0 Å². The second-order valence-electron chi connectivity index (χ2n) is 6.53. The Hall–Kier alpha value is -0.460. The maximum Gasteiger partial charge on any atom is 0.319 e. The molecule has 0 spiro atoms. The SMILES string of the molecule is CC1(C)CS/C(=N\c2ccccc2)N(S)C1.CC[C@H](C)O[PH](=O)OC. The molecule has 0 saturated carbocycles. The van der Waals surface area contributed by atoms with Gasteiger partial charge in [0.25, 0.3) is 0 Å². The molecule has 2 atom stereocenters. The smallest absolute Gasteiger partial charge is 0.314 e. The van der Waals surface area contributed by atoms with Crippen LogP contribution in [-0.2, 0) is 13.6 Å². The Bertz CT molecular complexity index is 570. The summed E-state index contributed by atoms with van der Waals surface area (Å²) in [5.74, 6) is 1.09. The Labute approximate surface area is 162 Å². The van der Waals surface area contributed by atoms with Crippen molar-refractivity contribution in [3.8, 4) is 0 Å². The second-order valence-corrected chi connectivity index (χ2v) is 9.10. The molecule has 1 fully saturated rings. The number of benzene rings is 1. The van der Waals surface area contributed by atoms with Crippen LogP contribution in [0.3, 0.4) is 0 Å². The summed E-state index contributed by atoms with van der Waals surface area (Å²) in [7, 11) is -0.812. The van der Waals surface area contributed by atoms with Crippen molar-refractivity contribution in [1.82, 2.24) is 4.31 Å². The normalized spacial score (nSPS) is 20.6. The molecule has 1 aromatic carbocycles. The molecule has 8 heteroatoms. The lowest BCUT2D eigenvalue weighted by atomic mass is 9.96. The molecule has 0 aromatic heterocycles. The predicted octanol–water partition coefficient (Wildman–Crippen LogP) is 5.43. The molecule has 0 N–H and O–H groups in total. The van der Waals surface area contributed by atoms with E-state index >= 15 is 0 Å². The van der Waals surface area contributed by atoms with Gasteiger partial charge >= 0.3 is 8.25 Å². The van der Waals surface area contributed by atoms with E-state index in [2.05, 4.69) is 36.2 Å². The number of nitrogens with zero attached hydrogens (tertiary/aromatic N) is 2. The lowest BCUT2D eigenvalue weighted by Gasteiger charge is -2.35. The van der Waals surface area contributed by atoms with Gasteiger partial charge in [-0.15, -0.1) is 0 Å². The van der Waals surface area contributed by atoms with Gasteiger partial charge in [-0.1, -0.05) is 63.5 Å². The zero-order valence-electron chi connectivity index (χ0n) is 15.6. The molecule has 1 heterocycles. The number of amidine groups is 1. The highest BCUT2D eigenvalue weighted by Crippen LogP contribution is 2.33.